The van der Waals surface area contributed by atoms with Gasteiger partial charge in [0.2, 0.25) is 0 Å². The summed E-state index contributed by atoms with van der Waals surface area (Å²) in [7, 11) is -3.74. The van der Waals surface area contributed by atoms with Crippen LogP contribution in [0.25, 0.3) is 0 Å². The number of rotatable bonds is 6. The molecular weight excluding hydrogens is 374 g/mol. The molecule has 28 heavy (non-hydrogen) atoms. The topological polar surface area (TPSA) is 88.2 Å². The van der Waals surface area contributed by atoms with Crippen molar-refractivity contribution in [3.8, 4) is 0 Å². The van der Waals surface area contributed by atoms with Gasteiger partial charge in [-0.15, -0.1) is 0 Å². The molecule has 2 aromatic carbocycles. The van der Waals surface area contributed by atoms with Crippen LogP contribution >= 0.6 is 0 Å². The number of benzene rings is 2. The molecule has 0 saturated carbocycles. The van der Waals surface area contributed by atoms with Crippen molar-refractivity contribution in [2.45, 2.75) is 25.3 Å². The standard InChI is InChI=1S/C21H21N3O3S/c1-15-6-7-16(2)20(13-15)24-28(26,27)19-10-8-17(9-11-19)21(25)23-14-18-5-3-4-12-22-18/h3-13,24H,14H2,1-2H3,(H,23,25). The molecule has 1 amide bonds. The van der Waals surface area contributed by atoms with Gasteiger partial charge >= 0.3 is 0 Å². The summed E-state index contributed by atoms with van der Waals surface area (Å²) in [4.78, 5) is 16.5. The van der Waals surface area contributed by atoms with E-state index >= 15 is 0 Å². The fourth-order valence-electron chi connectivity index (χ4n) is 2.61. The van der Waals surface area contributed by atoms with Crippen LogP contribution in [-0.2, 0) is 16.6 Å². The van der Waals surface area contributed by atoms with E-state index in [1.165, 1.54) is 24.3 Å². The Morgan fingerprint density at radius 1 is 1.00 bits per heavy atom. The number of sulfonamides is 1. The van der Waals surface area contributed by atoms with Gasteiger partial charge in [-0.2, -0.15) is 0 Å². The van der Waals surface area contributed by atoms with Crippen molar-refractivity contribution in [3.05, 3.63) is 89.2 Å². The second kappa shape index (κ2) is 8.22. The van der Waals surface area contributed by atoms with E-state index < -0.39 is 10.0 Å². The van der Waals surface area contributed by atoms with E-state index in [2.05, 4.69) is 15.0 Å². The zero-order valence-electron chi connectivity index (χ0n) is 15.6. The number of aryl methyl sites for hydroxylation is 2. The van der Waals surface area contributed by atoms with Gasteiger partial charge < -0.3 is 5.32 Å². The second-order valence-electron chi connectivity index (χ2n) is 6.45. The molecule has 7 heteroatoms. The highest BCUT2D eigenvalue weighted by Crippen LogP contribution is 2.21. The van der Waals surface area contributed by atoms with Crippen molar-refractivity contribution in [1.29, 1.82) is 0 Å². The van der Waals surface area contributed by atoms with E-state index in [1.54, 1.807) is 18.3 Å². The van der Waals surface area contributed by atoms with Crippen LogP contribution in [0.1, 0.15) is 27.2 Å². The first-order valence-corrected chi connectivity index (χ1v) is 10.2. The number of aromatic nitrogens is 1. The number of pyridine rings is 1. The maximum atomic E-state index is 12.6. The number of amides is 1. The van der Waals surface area contributed by atoms with Crippen LogP contribution in [0.3, 0.4) is 0 Å². The van der Waals surface area contributed by atoms with Gasteiger partial charge in [0.25, 0.3) is 15.9 Å². The highest BCUT2D eigenvalue weighted by Gasteiger charge is 2.16. The molecule has 3 aromatic rings. The van der Waals surface area contributed by atoms with Gasteiger partial charge in [0.15, 0.2) is 0 Å². The molecule has 2 N–H and O–H groups in total. The summed E-state index contributed by atoms with van der Waals surface area (Å²) in [6.45, 7) is 4.04. The van der Waals surface area contributed by atoms with E-state index in [1.807, 2.05) is 38.1 Å². The summed E-state index contributed by atoms with van der Waals surface area (Å²) in [5.74, 6) is -0.294. The Labute approximate surface area is 164 Å². The minimum Gasteiger partial charge on any atom is -0.346 e. The summed E-state index contributed by atoms with van der Waals surface area (Å²) >= 11 is 0. The van der Waals surface area contributed by atoms with Gasteiger partial charge in [0, 0.05) is 11.8 Å². The van der Waals surface area contributed by atoms with Crippen LogP contribution in [0.15, 0.2) is 71.8 Å². The van der Waals surface area contributed by atoms with Crippen LogP contribution in [0.2, 0.25) is 0 Å². The monoisotopic (exact) mass is 395 g/mol. The average Bonchev–Trinajstić information content (AvgIpc) is 2.69. The first-order chi connectivity index (χ1) is 13.3. The minimum absolute atomic E-state index is 0.0923. The molecule has 0 aliphatic rings. The predicted octanol–water partition coefficient (Wildman–Crippen LogP) is 3.43. The Kier molecular flexibility index (Phi) is 5.75. The molecule has 0 radical (unpaired) electrons. The maximum Gasteiger partial charge on any atom is 0.261 e. The molecule has 0 spiro atoms. The Morgan fingerprint density at radius 2 is 1.75 bits per heavy atom. The molecule has 6 nitrogen and oxygen atoms in total. The number of carbonyl (C=O) groups excluding carboxylic acids is 1. The predicted molar refractivity (Wildman–Crippen MR) is 109 cm³/mol. The van der Waals surface area contributed by atoms with E-state index in [9.17, 15) is 13.2 Å². The molecule has 0 aliphatic heterocycles. The van der Waals surface area contributed by atoms with Crippen LogP contribution in [0.4, 0.5) is 5.69 Å². The maximum absolute atomic E-state index is 12.6. The van der Waals surface area contributed by atoms with Gasteiger partial charge in [-0.25, -0.2) is 8.42 Å². The largest absolute Gasteiger partial charge is 0.346 e. The van der Waals surface area contributed by atoms with E-state index in [-0.39, 0.29) is 10.8 Å². The van der Waals surface area contributed by atoms with E-state index in [0.29, 0.717) is 17.8 Å². The lowest BCUT2D eigenvalue weighted by Gasteiger charge is -2.12. The Balaban J connectivity index is 1.70. The number of carbonyl (C=O) groups is 1. The quantitative estimate of drug-likeness (QED) is 0.669. The molecule has 0 saturated heterocycles. The molecule has 0 aliphatic carbocycles. The number of nitrogens with one attached hydrogen (secondary N) is 2. The number of hydrogen-bond donors (Lipinski definition) is 2. The molecule has 1 aromatic heterocycles. The van der Waals surface area contributed by atoms with E-state index in [4.69, 9.17) is 0 Å². The van der Waals surface area contributed by atoms with Crippen molar-refractivity contribution in [1.82, 2.24) is 10.3 Å². The van der Waals surface area contributed by atoms with Crippen LogP contribution in [0.5, 0.6) is 0 Å². The lowest BCUT2D eigenvalue weighted by atomic mass is 10.1. The van der Waals surface area contributed by atoms with Crippen molar-refractivity contribution in [2.75, 3.05) is 4.72 Å². The third-order valence-corrected chi connectivity index (χ3v) is 5.60. The molecule has 0 atom stereocenters. The molecule has 1 heterocycles. The smallest absolute Gasteiger partial charge is 0.261 e. The first-order valence-electron chi connectivity index (χ1n) is 8.73. The molecule has 0 fully saturated rings. The fraction of sp³-hybridized carbons (Fsp3) is 0.143. The summed E-state index contributed by atoms with van der Waals surface area (Å²) in [5.41, 5.74) is 3.45. The van der Waals surface area contributed by atoms with Crippen LogP contribution in [-0.4, -0.2) is 19.3 Å². The first kappa shape index (κ1) is 19.6. The van der Waals surface area contributed by atoms with Gasteiger partial charge in [-0.3, -0.25) is 14.5 Å². The molecule has 144 valence electrons. The highest BCUT2D eigenvalue weighted by molar-refractivity contribution is 7.92. The van der Waals surface area contributed by atoms with Crippen molar-refractivity contribution >= 4 is 21.6 Å². The third kappa shape index (κ3) is 4.75. The lowest BCUT2D eigenvalue weighted by molar-refractivity contribution is 0.0950. The average molecular weight is 395 g/mol. The normalized spacial score (nSPS) is 11.1. The Bertz CT molecular complexity index is 1080. The molecule has 0 bridgehead atoms. The zero-order valence-corrected chi connectivity index (χ0v) is 16.5. The summed E-state index contributed by atoms with van der Waals surface area (Å²) < 4.78 is 27.9. The van der Waals surface area contributed by atoms with E-state index in [0.717, 1.165) is 16.8 Å². The van der Waals surface area contributed by atoms with Crippen molar-refractivity contribution in [3.63, 3.8) is 0 Å². The number of anilines is 1. The SMILES string of the molecule is Cc1ccc(C)c(NS(=O)(=O)c2ccc(C(=O)NCc3ccccn3)cc2)c1. The fourth-order valence-corrected chi connectivity index (χ4v) is 3.73. The number of nitrogens with zero attached hydrogens (tertiary/aromatic N) is 1. The van der Waals surface area contributed by atoms with Crippen molar-refractivity contribution in [2.24, 2.45) is 0 Å². The highest BCUT2D eigenvalue weighted by atomic mass is 32.2. The van der Waals surface area contributed by atoms with Gasteiger partial charge in [-0.1, -0.05) is 18.2 Å². The lowest BCUT2D eigenvalue weighted by Crippen LogP contribution is -2.23. The summed E-state index contributed by atoms with van der Waals surface area (Å²) in [5, 5.41) is 2.76. The minimum atomic E-state index is -3.74. The molecule has 0 unspecified atom stereocenters. The van der Waals surface area contributed by atoms with Gasteiger partial charge in [0.05, 0.1) is 22.8 Å². The molecule has 3 rings (SSSR count). The summed E-state index contributed by atoms with van der Waals surface area (Å²) in [6, 6.07) is 16.9. The van der Waals surface area contributed by atoms with Gasteiger partial charge in [0.1, 0.15) is 0 Å². The summed E-state index contributed by atoms with van der Waals surface area (Å²) in [6.07, 6.45) is 1.66. The second-order valence-corrected chi connectivity index (χ2v) is 8.13. The van der Waals surface area contributed by atoms with Crippen LogP contribution < -0.4 is 10.0 Å². The third-order valence-electron chi connectivity index (χ3n) is 4.22. The van der Waals surface area contributed by atoms with Gasteiger partial charge in [-0.05, 0) is 67.4 Å². The Hall–Kier alpha value is -3.19. The van der Waals surface area contributed by atoms with Crippen molar-refractivity contribution < 1.29 is 13.2 Å². The molecular formula is C21H21N3O3S. The Morgan fingerprint density at radius 3 is 2.43 bits per heavy atom. The van der Waals surface area contributed by atoms with Crippen LogP contribution in [0, 0.1) is 13.8 Å². The number of hydrogen-bond acceptors (Lipinski definition) is 4. The zero-order chi connectivity index (χ0) is 20.1.